The van der Waals surface area contributed by atoms with Crippen molar-refractivity contribution in [2.24, 2.45) is 5.92 Å². The van der Waals surface area contributed by atoms with Gasteiger partial charge in [-0.25, -0.2) is 8.42 Å². The van der Waals surface area contributed by atoms with Gasteiger partial charge in [-0.2, -0.15) is 0 Å². The van der Waals surface area contributed by atoms with Gasteiger partial charge in [0.15, 0.2) is 9.84 Å². The first-order chi connectivity index (χ1) is 8.02. The smallest absolute Gasteiger partial charge is 0.173 e. The van der Waals surface area contributed by atoms with Crippen LogP contribution in [0, 0.1) is 5.92 Å². The van der Waals surface area contributed by atoms with Crippen LogP contribution in [-0.2, 0) is 9.84 Å². The van der Waals surface area contributed by atoms with E-state index in [-0.39, 0.29) is 11.8 Å². The first kappa shape index (κ1) is 13.1. The molecule has 98 valence electrons. The van der Waals surface area contributed by atoms with Crippen LogP contribution < -0.4 is 5.32 Å². The van der Waals surface area contributed by atoms with Crippen LogP contribution in [-0.4, -0.2) is 50.8 Å². The molecular weight excluding hydrogens is 236 g/mol. The van der Waals surface area contributed by atoms with E-state index in [4.69, 9.17) is 0 Å². The van der Waals surface area contributed by atoms with Gasteiger partial charge < -0.3 is 5.32 Å². The molecule has 0 aromatic heterocycles. The van der Waals surface area contributed by atoms with Crippen molar-refractivity contribution in [2.45, 2.75) is 32.4 Å². The summed E-state index contributed by atoms with van der Waals surface area (Å²) in [6.45, 7) is 7.36. The van der Waals surface area contributed by atoms with Gasteiger partial charge in [0.2, 0.25) is 0 Å². The minimum atomic E-state index is -2.92. The third-order valence-electron chi connectivity index (χ3n) is 3.78. The summed E-state index contributed by atoms with van der Waals surface area (Å²) in [5.74, 6) is 0.853. The predicted octanol–water partition coefficient (Wildman–Crippen LogP) is 0.617. The molecule has 0 radical (unpaired) electrons. The van der Waals surface area contributed by atoms with Gasteiger partial charge in [0.05, 0.1) is 5.75 Å². The minimum absolute atomic E-state index is 0.102. The van der Waals surface area contributed by atoms with Crippen LogP contribution in [0.25, 0.3) is 0 Å². The molecule has 1 fully saturated rings. The maximum absolute atomic E-state index is 11.4. The van der Waals surface area contributed by atoms with Crippen LogP contribution in [0.4, 0.5) is 0 Å². The number of nitrogens with zero attached hydrogens (tertiary/aromatic N) is 1. The van der Waals surface area contributed by atoms with E-state index in [0.717, 1.165) is 26.1 Å². The Morgan fingerprint density at radius 3 is 2.76 bits per heavy atom. The quantitative estimate of drug-likeness (QED) is 0.806. The highest BCUT2D eigenvalue weighted by Gasteiger charge is 2.32. The van der Waals surface area contributed by atoms with E-state index < -0.39 is 9.84 Å². The maximum Gasteiger partial charge on any atom is 0.173 e. The molecule has 2 aliphatic heterocycles. The SMILES string of the molecule is CCNC1CCN(C2C=CS(=O)(=O)C2)CC1C. The molecule has 1 saturated heterocycles. The highest BCUT2D eigenvalue weighted by atomic mass is 32.2. The van der Waals surface area contributed by atoms with Crippen molar-refractivity contribution in [3.63, 3.8) is 0 Å². The van der Waals surface area contributed by atoms with Crippen molar-refractivity contribution in [1.29, 1.82) is 0 Å². The molecular formula is C12H22N2O2S. The van der Waals surface area contributed by atoms with Crippen molar-refractivity contribution in [1.82, 2.24) is 10.2 Å². The lowest BCUT2D eigenvalue weighted by molar-refractivity contribution is 0.131. The molecule has 3 unspecified atom stereocenters. The van der Waals surface area contributed by atoms with Crippen molar-refractivity contribution in [3.8, 4) is 0 Å². The summed E-state index contributed by atoms with van der Waals surface area (Å²) in [6, 6.07) is 0.684. The second kappa shape index (κ2) is 5.08. The molecule has 17 heavy (non-hydrogen) atoms. The van der Waals surface area contributed by atoms with Crippen LogP contribution in [0.1, 0.15) is 20.3 Å². The normalized spacial score (nSPS) is 37.4. The molecule has 0 aromatic carbocycles. The van der Waals surface area contributed by atoms with Gasteiger partial charge in [-0.15, -0.1) is 0 Å². The molecule has 2 heterocycles. The third kappa shape index (κ3) is 3.09. The van der Waals surface area contributed by atoms with Gasteiger partial charge in [-0.3, -0.25) is 4.90 Å². The average Bonchev–Trinajstić information content (AvgIpc) is 2.62. The molecule has 0 aliphatic carbocycles. The molecule has 2 aliphatic rings. The molecule has 0 bridgehead atoms. The van der Waals surface area contributed by atoms with Gasteiger partial charge >= 0.3 is 0 Å². The second-order valence-electron chi connectivity index (χ2n) is 5.15. The van der Waals surface area contributed by atoms with Crippen molar-refractivity contribution in [3.05, 3.63) is 11.5 Å². The lowest BCUT2D eigenvalue weighted by Gasteiger charge is -2.39. The number of hydrogen-bond acceptors (Lipinski definition) is 4. The number of piperidine rings is 1. The summed E-state index contributed by atoms with van der Waals surface area (Å²) in [4.78, 5) is 2.31. The topological polar surface area (TPSA) is 49.4 Å². The molecule has 2 rings (SSSR count). The zero-order chi connectivity index (χ0) is 12.5. The summed E-state index contributed by atoms with van der Waals surface area (Å²) in [6.07, 6.45) is 2.95. The highest BCUT2D eigenvalue weighted by molar-refractivity contribution is 7.94. The van der Waals surface area contributed by atoms with Crippen LogP contribution in [0.2, 0.25) is 0 Å². The third-order valence-corrected chi connectivity index (χ3v) is 5.16. The second-order valence-corrected chi connectivity index (χ2v) is 7.08. The fraction of sp³-hybridized carbons (Fsp3) is 0.833. The molecule has 1 N–H and O–H groups in total. The van der Waals surface area contributed by atoms with Gasteiger partial charge in [-0.1, -0.05) is 19.9 Å². The van der Waals surface area contributed by atoms with Gasteiger partial charge in [0.1, 0.15) is 0 Å². The van der Waals surface area contributed by atoms with E-state index in [0.29, 0.717) is 12.0 Å². The average molecular weight is 258 g/mol. The fourth-order valence-corrected chi connectivity index (χ4v) is 4.16. The summed E-state index contributed by atoms with van der Waals surface area (Å²) in [5, 5.41) is 4.87. The minimum Gasteiger partial charge on any atom is -0.314 e. The van der Waals surface area contributed by atoms with Crippen molar-refractivity contribution in [2.75, 3.05) is 25.4 Å². The number of hydrogen-bond donors (Lipinski definition) is 1. The van der Waals surface area contributed by atoms with Gasteiger partial charge in [0.25, 0.3) is 0 Å². The summed E-state index contributed by atoms with van der Waals surface area (Å²) < 4.78 is 22.8. The fourth-order valence-electron chi connectivity index (χ4n) is 2.83. The molecule has 0 amide bonds. The Bertz CT molecular complexity index is 391. The number of sulfone groups is 1. The first-order valence-electron chi connectivity index (χ1n) is 6.40. The van der Waals surface area contributed by atoms with Crippen LogP contribution in [0.3, 0.4) is 0 Å². The predicted molar refractivity (Wildman–Crippen MR) is 69.5 cm³/mol. The van der Waals surface area contributed by atoms with E-state index in [1.807, 2.05) is 6.08 Å². The number of rotatable bonds is 3. The largest absolute Gasteiger partial charge is 0.314 e. The Labute approximate surface area is 104 Å². The van der Waals surface area contributed by atoms with E-state index in [1.165, 1.54) is 5.41 Å². The van der Waals surface area contributed by atoms with E-state index in [1.54, 1.807) is 0 Å². The molecule has 5 heteroatoms. The van der Waals surface area contributed by atoms with Crippen LogP contribution >= 0.6 is 0 Å². The molecule has 0 saturated carbocycles. The van der Waals surface area contributed by atoms with Gasteiger partial charge in [0, 0.05) is 30.6 Å². The molecule has 3 atom stereocenters. The van der Waals surface area contributed by atoms with Crippen molar-refractivity contribution < 1.29 is 8.42 Å². The van der Waals surface area contributed by atoms with E-state index >= 15 is 0 Å². The van der Waals surface area contributed by atoms with Crippen LogP contribution in [0.5, 0.6) is 0 Å². The Morgan fingerprint density at radius 1 is 1.47 bits per heavy atom. The monoisotopic (exact) mass is 258 g/mol. The summed E-state index contributed by atoms with van der Waals surface area (Å²) >= 11 is 0. The molecule has 0 spiro atoms. The molecule has 4 nitrogen and oxygen atoms in total. The standard InChI is InChI=1S/C12H22N2O2S/c1-3-13-12-4-6-14(8-10(12)2)11-5-7-17(15,16)9-11/h5,7,10-13H,3-4,6,8-9H2,1-2H3. The maximum atomic E-state index is 11.4. The Balaban J connectivity index is 1.92. The zero-order valence-electron chi connectivity index (χ0n) is 10.6. The number of likely N-dealkylation sites (tertiary alicyclic amines) is 1. The lowest BCUT2D eigenvalue weighted by Crippen LogP contribution is -2.51. The first-order valence-corrected chi connectivity index (χ1v) is 8.12. The van der Waals surface area contributed by atoms with E-state index in [2.05, 4.69) is 24.1 Å². The molecule has 0 aromatic rings. The lowest BCUT2D eigenvalue weighted by atomic mass is 9.93. The number of nitrogens with one attached hydrogen (secondary N) is 1. The van der Waals surface area contributed by atoms with E-state index in [9.17, 15) is 8.42 Å². The van der Waals surface area contributed by atoms with Gasteiger partial charge in [-0.05, 0) is 18.9 Å². The van der Waals surface area contributed by atoms with Crippen LogP contribution in [0.15, 0.2) is 11.5 Å². The van der Waals surface area contributed by atoms with Crippen molar-refractivity contribution >= 4 is 9.84 Å². The summed E-state index contributed by atoms with van der Waals surface area (Å²) in [7, 11) is -2.92. The Hall–Kier alpha value is -0.390. The summed E-state index contributed by atoms with van der Waals surface area (Å²) in [5.41, 5.74) is 0. The zero-order valence-corrected chi connectivity index (χ0v) is 11.4. The highest BCUT2D eigenvalue weighted by Crippen LogP contribution is 2.22. The Morgan fingerprint density at radius 2 is 2.24 bits per heavy atom. The Kier molecular flexibility index (Phi) is 3.90.